The van der Waals surface area contributed by atoms with Gasteiger partial charge in [0.1, 0.15) is 5.69 Å². The summed E-state index contributed by atoms with van der Waals surface area (Å²) < 4.78 is 62.6. The standard InChI is InChI=1S/C16H17ClF2NO5P/c1-4-24-26(21,25-5-2)14-9(3)10-6-12-13(23-8-22-12)7-11(10)20-15(14)16(17,18)19/h6-7H,4-5,8H2,1-3H3. The summed E-state index contributed by atoms with van der Waals surface area (Å²) >= 11 is 5.28. The van der Waals surface area contributed by atoms with Crippen molar-refractivity contribution in [1.29, 1.82) is 0 Å². The maximum atomic E-state index is 14.1. The summed E-state index contributed by atoms with van der Waals surface area (Å²) in [6.07, 6.45) is 0. The molecule has 0 saturated carbocycles. The Morgan fingerprint density at radius 1 is 1.23 bits per heavy atom. The summed E-state index contributed by atoms with van der Waals surface area (Å²) in [5.74, 6) is 0.833. The Morgan fingerprint density at radius 2 is 1.81 bits per heavy atom. The number of hydrogen-bond acceptors (Lipinski definition) is 6. The van der Waals surface area contributed by atoms with Gasteiger partial charge in [0.15, 0.2) is 11.5 Å². The van der Waals surface area contributed by atoms with Crippen molar-refractivity contribution in [3.05, 3.63) is 23.4 Å². The molecule has 1 aliphatic rings. The van der Waals surface area contributed by atoms with E-state index in [1.54, 1.807) is 26.8 Å². The Labute approximate surface area is 153 Å². The average molecular weight is 408 g/mol. The van der Waals surface area contributed by atoms with Gasteiger partial charge in [-0.25, -0.2) is 4.98 Å². The molecule has 0 amide bonds. The Bertz CT molecular complexity index is 893. The van der Waals surface area contributed by atoms with Gasteiger partial charge in [-0.1, -0.05) is 0 Å². The molecule has 10 heteroatoms. The second-order valence-electron chi connectivity index (χ2n) is 5.49. The summed E-state index contributed by atoms with van der Waals surface area (Å²) in [5.41, 5.74) is -0.368. The molecule has 1 aromatic heterocycles. The lowest BCUT2D eigenvalue weighted by Crippen LogP contribution is -2.26. The number of hydrogen-bond donors (Lipinski definition) is 0. The minimum absolute atomic E-state index is 0.00317. The first-order valence-corrected chi connectivity index (χ1v) is 9.84. The van der Waals surface area contributed by atoms with E-state index in [-0.39, 0.29) is 36.4 Å². The molecule has 26 heavy (non-hydrogen) atoms. The van der Waals surface area contributed by atoms with E-state index in [9.17, 15) is 13.3 Å². The van der Waals surface area contributed by atoms with Gasteiger partial charge in [-0.05, 0) is 44.0 Å². The Balaban J connectivity index is 2.37. The lowest BCUT2D eigenvalue weighted by atomic mass is 10.1. The number of aryl methyl sites for hydroxylation is 1. The fourth-order valence-electron chi connectivity index (χ4n) is 2.84. The third-order valence-electron chi connectivity index (χ3n) is 3.85. The average Bonchev–Trinajstić information content (AvgIpc) is 2.99. The van der Waals surface area contributed by atoms with Crippen LogP contribution in [0.4, 0.5) is 8.78 Å². The first-order chi connectivity index (χ1) is 12.2. The molecular formula is C16H17ClF2NO5P. The lowest BCUT2D eigenvalue weighted by Gasteiger charge is -2.24. The number of ether oxygens (including phenoxy) is 2. The van der Waals surface area contributed by atoms with Gasteiger partial charge in [-0.2, -0.15) is 8.78 Å². The van der Waals surface area contributed by atoms with Gasteiger partial charge < -0.3 is 18.5 Å². The number of aromatic nitrogens is 1. The van der Waals surface area contributed by atoms with Crippen LogP contribution in [-0.4, -0.2) is 25.0 Å². The largest absolute Gasteiger partial charge is 0.454 e. The first-order valence-electron chi connectivity index (χ1n) is 7.92. The summed E-state index contributed by atoms with van der Waals surface area (Å²) in [7, 11) is -4.07. The van der Waals surface area contributed by atoms with Gasteiger partial charge in [0.25, 0.3) is 0 Å². The SMILES string of the molecule is CCOP(=O)(OCC)c1c(C(F)(F)Cl)nc2cc3c(cc2c1C)OCO3. The zero-order chi connectivity index (χ0) is 19.1. The predicted molar refractivity (Wildman–Crippen MR) is 92.8 cm³/mol. The van der Waals surface area contributed by atoms with Gasteiger partial charge in [-0.3, -0.25) is 4.57 Å². The number of rotatable bonds is 6. The van der Waals surface area contributed by atoms with Crippen LogP contribution in [0.5, 0.6) is 11.5 Å². The molecule has 1 aromatic carbocycles. The van der Waals surface area contributed by atoms with E-state index in [1.807, 2.05) is 0 Å². The number of benzene rings is 1. The molecule has 0 saturated heterocycles. The molecule has 2 heterocycles. The Morgan fingerprint density at radius 3 is 2.35 bits per heavy atom. The van der Waals surface area contributed by atoms with Gasteiger partial charge >= 0.3 is 13.0 Å². The van der Waals surface area contributed by atoms with Crippen molar-refractivity contribution < 1.29 is 31.9 Å². The van der Waals surface area contributed by atoms with Crippen LogP contribution in [-0.2, 0) is 19.0 Å². The summed E-state index contributed by atoms with van der Waals surface area (Å²) in [6, 6.07) is 3.08. The fraction of sp³-hybridized carbons (Fsp3) is 0.438. The smallest absolute Gasteiger partial charge is 0.365 e. The maximum Gasteiger partial charge on any atom is 0.365 e. The summed E-state index contributed by atoms with van der Waals surface area (Å²) in [5, 5.41) is -3.73. The van der Waals surface area contributed by atoms with Crippen molar-refractivity contribution in [1.82, 2.24) is 4.98 Å². The van der Waals surface area contributed by atoms with Crippen LogP contribution in [0.15, 0.2) is 12.1 Å². The fourth-order valence-corrected chi connectivity index (χ4v) is 5.04. The zero-order valence-electron chi connectivity index (χ0n) is 14.3. The molecule has 142 valence electrons. The highest BCUT2D eigenvalue weighted by Gasteiger charge is 2.43. The molecule has 0 spiro atoms. The van der Waals surface area contributed by atoms with Gasteiger partial charge in [0.2, 0.25) is 6.79 Å². The molecular weight excluding hydrogens is 391 g/mol. The third kappa shape index (κ3) is 3.27. The van der Waals surface area contributed by atoms with Crippen molar-refractivity contribution in [3.63, 3.8) is 0 Å². The van der Waals surface area contributed by atoms with Crippen LogP contribution < -0.4 is 14.8 Å². The highest BCUT2D eigenvalue weighted by molar-refractivity contribution is 7.62. The van der Waals surface area contributed by atoms with Gasteiger partial charge in [-0.15, -0.1) is 0 Å². The van der Waals surface area contributed by atoms with E-state index in [1.165, 1.54) is 6.07 Å². The number of alkyl halides is 3. The molecule has 0 aliphatic carbocycles. The monoisotopic (exact) mass is 407 g/mol. The molecule has 0 N–H and O–H groups in total. The van der Waals surface area contributed by atoms with E-state index in [0.717, 1.165) is 0 Å². The predicted octanol–water partition coefficient (Wildman–Crippen LogP) is 4.45. The lowest BCUT2D eigenvalue weighted by molar-refractivity contribution is 0.0909. The van der Waals surface area contributed by atoms with Crippen LogP contribution in [0.25, 0.3) is 10.9 Å². The maximum absolute atomic E-state index is 14.1. The minimum Gasteiger partial charge on any atom is -0.454 e. The van der Waals surface area contributed by atoms with Crippen molar-refractivity contribution in [2.45, 2.75) is 26.2 Å². The van der Waals surface area contributed by atoms with Crippen LogP contribution in [0.3, 0.4) is 0 Å². The van der Waals surface area contributed by atoms with Gasteiger partial charge in [0, 0.05) is 11.5 Å². The molecule has 0 fully saturated rings. The Kier molecular flexibility index (Phi) is 5.14. The zero-order valence-corrected chi connectivity index (χ0v) is 16.0. The molecule has 3 rings (SSSR count). The van der Waals surface area contributed by atoms with E-state index in [0.29, 0.717) is 16.9 Å². The quantitative estimate of drug-likeness (QED) is 0.520. The van der Waals surface area contributed by atoms with Crippen LogP contribution in [0, 0.1) is 6.92 Å². The molecule has 2 aromatic rings. The molecule has 6 nitrogen and oxygen atoms in total. The molecule has 1 aliphatic heterocycles. The van der Waals surface area contributed by atoms with Crippen LogP contribution in [0.2, 0.25) is 0 Å². The second kappa shape index (κ2) is 6.93. The topological polar surface area (TPSA) is 66.9 Å². The van der Waals surface area contributed by atoms with Crippen LogP contribution >= 0.6 is 19.2 Å². The van der Waals surface area contributed by atoms with Crippen molar-refractivity contribution in [2.75, 3.05) is 20.0 Å². The van der Waals surface area contributed by atoms with Crippen molar-refractivity contribution in [2.24, 2.45) is 0 Å². The second-order valence-corrected chi connectivity index (χ2v) is 7.92. The van der Waals surface area contributed by atoms with E-state index < -0.39 is 18.7 Å². The molecule has 0 bridgehead atoms. The van der Waals surface area contributed by atoms with Crippen molar-refractivity contribution in [3.8, 4) is 11.5 Å². The van der Waals surface area contributed by atoms with Crippen LogP contribution in [0.1, 0.15) is 25.1 Å². The first kappa shape index (κ1) is 19.3. The highest BCUT2D eigenvalue weighted by atomic mass is 35.5. The van der Waals surface area contributed by atoms with E-state index in [4.69, 9.17) is 30.1 Å². The highest BCUT2D eigenvalue weighted by Crippen LogP contribution is 2.52. The van der Waals surface area contributed by atoms with E-state index in [2.05, 4.69) is 4.98 Å². The number of fused-ring (bicyclic) bond motifs is 2. The number of nitrogens with zero attached hydrogens (tertiary/aromatic N) is 1. The normalized spacial score (nSPS) is 14.2. The molecule has 0 radical (unpaired) electrons. The molecule has 0 atom stereocenters. The van der Waals surface area contributed by atoms with Gasteiger partial charge in [0.05, 0.1) is 24.0 Å². The summed E-state index contributed by atoms with van der Waals surface area (Å²) in [4.78, 5) is 3.97. The summed E-state index contributed by atoms with van der Waals surface area (Å²) in [6.45, 7) is 4.75. The van der Waals surface area contributed by atoms with Crippen molar-refractivity contribution >= 4 is 35.4 Å². The third-order valence-corrected chi connectivity index (χ3v) is 6.32. The Hall–Kier alpha value is -1.47. The number of halogens is 3. The number of pyridine rings is 1. The minimum atomic E-state index is -4.07. The van der Waals surface area contributed by atoms with E-state index >= 15 is 0 Å². The molecule has 0 unspecified atom stereocenters.